The highest BCUT2D eigenvalue weighted by Crippen LogP contribution is 2.09. The largest absolute Gasteiger partial charge is 0.356 e. The van der Waals surface area contributed by atoms with Gasteiger partial charge >= 0.3 is 0 Å². The van der Waals surface area contributed by atoms with E-state index in [1.54, 1.807) is 7.05 Å². The second-order valence-corrected chi connectivity index (χ2v) is 6.27. The lowest BCUT2D eigenvalue weighted by Crippen LogP contribution is -2.39. The van der Waals surface area contributed by atoms with Crippen LogP contribution in [0.15, 0.2) is 33.8 Å². The van der Waals surface area contributed by atoms with Gasteiger partial charge in [0.15, 0.2) is 11.8 Å². The third kappa shape index (κ3) is 6.64. The highest BCUT2D eigenvalue weighted by molar-refractivity contribution is 14.0. The van der Waals surface area contributed by atoms with Crippen LogP contribution in [0, 0.1) is 6.92 Å². The van der Waals surface area contributed by atoms with Gasteiger partial charge in [0.25, 0.3) is 0 Å². The fraction of sp³-hybridized carbons (Fsp3) is 0.500. The Kier molecular flexibility index (Phi) is 8.88. The molecule has 0 unspecified atom stereocenters. The van der Waals surface area contributed by atoms with Gasteiger partial charge in [-0.2, -0.15) is 4.98 Å². The molecule has 25 heavy (non-hydrogen) atoms. The van der Waals surface area contributed by atoms with Crippen molar-refractivity contribution in [2.45, 2.75) is 39.7 Å². The number of guanidine groups is 1. The summed E-state index contributed by atoms with van der Waals surface area (Å²) in [4.78, 5) is 10.8. The van der Waals surface area contributed by atoms with Gasteiger partial charge in [0.05, 0.1) is 0 Å². The zero-order valence-electron chi connectivity index (χ0n) is 15.6. The van der Waals surface area contributed by atoms with Crippen molar-refractivity contribution in [3.63, 3.8) is 0 Å². The summed E-state index contributed by atoms with van der Waals surface area (Å²) in [5, 5.41) is 7.31. The average molecular weight is 457 g/mol. The van der Waals surface area contributed by atoms with Crippen molar-refractivity contribution in [2.24, 2.45) is 4.99 Å². The minimum atomic E-state index is 0. The van der Waals surface area contributed by atoms with Gasteiger partial charge in [-0.3, -0.25) is 4.99 Å². The third-order valence-corrected chi connectivity index (χ3v) is 3.74. The summed E-state index contributed by atoms with van der Waals surface area (Å²) in [5.74, 6) is 2.54. The number of aliphatic imine (C=N–C) groups is 1. The lowest BCUT2D eigenvalue weighted by Gasteiger charge is -2.22. The molecule has 0 saturated carbocycles. The van der Waals surface area contributed by atoms with Crippen molar-refractivity contribution in [3.8, 4) is 0 Å². The summed E-state index contributed by atoms with van der Waals surface area (Å²) in [6.07, 6.45) is 0.678. The summed E-state index contributed by atoms with van der Waals surface area (Å²) in [7, 11) is 3.82. The highest BCUT2D eigenvalue weighted by Gasteiger charge is 2.10. The average Bonchev–Trinajstić information content (AvgIpc) is 3.03. The van der Waals surface area contributed by atoms with Crippen LogP contribution in [0.2, 0.25) is 0 Å². The Morgan fingerprint density at radius 3 is 2.52 bits per heavy atom. The molecule has 1 heterocycles. The topological polar surface area (TPSA) is 66.5 Å². The smallest absolute Gasteiger partial charge is 0.228 e. The predicted molar refractivity (Wildman–Crippen MR) is 112 cm³/mol. The van der Waals surface area contributed by atoms with Gasteiger partial charge in [-0.15, -0.1) is 24.0 Å². The Balaban J connectivity index is 0.00000312. The lowest BCUT2D eigenvalue weighted by molar-refractivity contribution is 0.370. The van der Waals surface area contributed by atoms with E-state index in [0.717, 1.165) is 18.3 Å². The molecule has 0 aliphatic carbocycles. The molecule has 0 bridgehead atoms. The number of nitrogens with one attached hydrogen (secondary N) is 1. The van der Waals surface area contributed by atoms with Crippen molar-refractivity contribution in [3.05, 3.63) is 47.1 Å². The maximum Gasteiger partial charge on any atom is 0.228 e. The Hall–Kier alpha value is -1.64. The molecule has 2 rings (SSSR count). The second-order valence-electron chi connectivity index (χ2n) is 6.27. The fourth-order valence-corrected chi connectivity index (χ4v) is 2.31. The maximum absolute atomic E-state index is 5.25. The SMILES string of the molecule is CN=C(NCCc1nc(C(C)C)no1)N(C)Cc1ccc(C)cc1.I. The molecule has 7 heteroatoms. The van der Waals surface area contributed by atoms with Crippen molar-refractivity contribution in [1.29, 1.82) is 0 Å². The fourth-order valence-electron chi connectivity index (χ4n) is 2.31. The number of benzene rings is 1. The lowest BCUT2D eigenvalue weighted by atomic mass is 10.1. The van der Waals surface area contributed by atoms with Gasteiger partial charge in [0.1, 0.15) is 0 Å². The molecule has 1 aromatic carbocycles. The molecule has 0 radical (unpaired) electrons. The molecule has 0 amide bonds. The number of nitrogens with zero attached hydrogens (tertiary/aromatic N) is 4. The summed E-state index contributed by atoms with van der Waals surface area (Å²) in [6, 6.07) is 8.54. The van der Waals surface area contributed by atoms with Crippen LogP contribution in [0.3, 0.4) is 0 Å². The maximum atomic E-state index is 5.25. The first-order valence-corrected chi connectivity index (χ1v) is 8.29. The van der Waals surface area contributed by atoms with Crippen LogP contribution in [0.5, 0.6) is 0 Å². The zero-order valence-corrected chi connectivity index (χ0v) is 17.9. The van der Waals surface area contributed by atoms with E-state index in [0.29, 0.717) is 18.9 Å². The van der Waals surface area contributed by atoms with Gasteiger partial charge in [-0.05, 0) is 12.5 Å². The normalized spacial score (nSPS) is 11.4. The molecular formula is C18H28IN5O. The number of hydrogen-bond donors (Lipinski definition) is 1. The molecule has 6 nitrogen and oxygen atoms in total. The number of aromatic nitrogens is 2. The van der Waals surface area contributed by atoms with E-state index in [4.69, 9.17) is 4.52 Å². The first-order valence-electron chi connectivity index (χ1n) is 8.29. The number of rotatable bonds is 6. The van der Waals surface area contributed by atoms with Gasteiger partial charge in [0, 0.05) is 39.5 Å². The standard InChI is InChI=1S/C18H27N5O.HI/c1-13(2)17-21-16(24-22-17)10-11-20-18(19-4)23(5)12-15-8-6-14(3)7-9-15;/h6-9,13H,10-12H2,1-5H3,(H,19,20);1H. The summed E-state index contributed by atoms with van der Waals surface area (Å²) >= 11 is 0. The van der Waals surface area contributed by atoms with Crippen LogP contribution in [-0.4, -0.2) is 41.6 Å². The minimum absolute atomic E-state index is 0. The predicted octanol–water partition coefficient (Wildman–Crippen LogP) is 3.37. The molecule has 1 N–H and O–H groups in total. The van der Waals surface area contributed by atoms with E-state index < -0.39 is 0 Å². The quantitative estimate of drug-likeness (QED) is 0.410. The molecular weight excluding hydrogens is 429 g/mol. The summed E-state index contributed by atoms with van der Waals surface area (Å²) < 4.78 is 5.25. The van der Waals surface area contributed by atoms with Gasteiger partial charge < -0.3 is 14.7 Å². The molecule has 1 aromatic heterocycles. The van der Waals surface area contributed by atoms with E-state index in [1.165, 1.54) is 11.1 Å². The van der Waals surface area contributed by atoms with E-state index >= 15 is 0 Å². The molecule has 2 aromatic rings. The van der Waals surface area contributed by atoms with Crippen LogP contribution in [0.25, 0.3) is 0 Å². The van der Waals surface area contributed by atoms with Crippen LogP contribution >= 0.6 is 24.0 Å². The zero-order chi connectivity index (χ0) is 17.5. The van der Waals surface area contributed by atoms with E-state index in [-0.39, 0.29) is 29.9 Å². The number of hydrogen-bond acceptors (Lipinski definition) is 4. The summed E-state index contributed by atoms with van der Waals surface area (Å²) in [6.45, 7) is 7.70. The molecule has 0 fully saturated rings. The first-order chi connectivity index (χ1) is 11.5. The molecule has 138 valence electrons. The Labute approximate surface area is 167 Å². The number of halogens is 1. The Morgan fingerprint density at radius 1 is 1.28 bits per heavy atom. The number of aryl methyl sites for hydroxylation is 1. The molecule has 0 saturated heterocycles. The summed E-state index contributed by atoms with van der Waals surface area (Å²) in [5.41, 5.74) is 2.52. The van der Waals surface area contributed by atoms with Gasteiger partial charge in [-0.1, -0.05) is 48.8 Å². The second kappa shape index (κ2) is 10.4. The van der Waals surface area contributed by atoms with Gasteiger partial charge in [0.2, 0.25) is 5.89 Å². The van der Waals surface area contributed by atoms with Crippen molar-refractivity contribution < 1.29 is 4.52 Å². The molecule has 0 atom stereocenters. The molecule has 0 spiro atoms. The minimum Gasteiger partial charge on any atom is -0.356 e. The van der Waals surface area contributed by atoms with E-state index in [9.17, 15) is 0 Å². The van der Waals surface area contributed by atoms with Crippen molar-refractivity contribution >= 4 is 29.9 Å². The molecule has 0 aliphatic rings. The van der Waals surface area contributed by atoms with Crippen LogP contribution in [-0.2, 0) is 13.0 Å². The first kappa shape index (κ1) is 21.4. The third-order valence-electron chi connectivity index (χ3n) is 3.74. The van der Waals surface area contributed by atoms with Gasteiger partial charge in [-0.25, -0.2) is 0 Å². The van der Waals surface area contributed by atoms with Crippen LogP contribution < -0.4 is 5.32 Å². The van der Waals surface area contributed by atoms with Crippen LogP contribution in [0.4, 0.5) is 0 Å². The Bertz CT molecular complexity index is 666. The highest BCUT2D eigenvalue weighted by atomic mass is 127. The monoisotopic (exact) mass is 457 g/mol. The Morgan fingerprint density at radius 2 is 1.96 bits per heavy atom. The van der Waals surface area contributed by atoms with E-state index in [2.05, 4.69) is 70.4 Å². The molecule has 0 aliphatic heterocycles. The van der Waals surface area contributed by atoms with Crippen molar-refractivity contribution in [2.75, 3.05) is 20.6 Å². The van der Waals surface area contributed by atoms with E-state index in [1.807, 2.05) is 7.05 Å². The van der Waals surface area contributed by atoms with Crippen LogP contribution in [0.1, 0.15) is 42.6 Å². The van der Waals surface area contributed by atoms with Crippen molar-refractivity contribution in [1.82, 2.24) is 20.4 Å².